The van der Waals surface area contributed by atoms with Crippen LogP contribution in [0.1, 0.15) is 28.0 Å². The Labute approximate surface area is 158 Å². The lowest BCUT2D eigenvalue weighted by Gasteiger charge is -2.22. The zero-order valence-electron chi connectivity index (χ0n) is 15.6. The van der Waals surface area contributed by atoms with Gasteiger partial charge >= 0.3 is 0 Å². The molecule has 0 unspecified atom stereocenters. The van der Waals surface area contributed by atoms with Gasteiger partial charge in [-0.1, -0.05) is 12.1 Å². The lowest BCUT2D eigenvalue weighted by atomic mass is 10.2. The quantitative estimate of drug-likeness (QED) is 0.872. The fourth-order valence-corrected chi connectivity index (χ4v) is 4.01. The summed E-state index contributed by atoms with van der Waals surface area (Å²) >= 11 is 1.35. The topological polar surface area (TPSA) is 57.7 Å². The molecule has 1 saturated heterocycles. The van der Waals surface area contributed by atoms with Gasteiger partial charge in [0.05, 0.1) is 18.4 Å². The Morgan fingerprint density at radius 2 is 2.00 bits per heavy atom. The molecule has 7 heteroatoms. The summed E-state index contributed by atoms with van der Waals surface area (Å²) in [4.78, 5) is 17.3. The smallest absolute Gasteiger partial charge is 0.258 e. The number of methoxy groups -OCH3 is 1. The Bertz CT molecular complexity index is 744. The summed E-state index contributed by atoms with van der Waals surface area (Å²) in [7, 11) is 3.52. The third-order valence-electron chi connectivity index (χ3n) is 4.74. The molecular weight excluding hydrogens is 348 g/mol. The summed E-state index contributed by atoms with van der Waals surface area (Å²) in [5, 5.41) is 3.94. The summed E-state index contributed by atoms with van der Waals surface area (Å²) in [6.07, 6.45) is 0.980. The highest BCUT2D eigenvalue weighted by molar-refractivity contribution is 7.10. The van der Waals surface area contributed by atoms with Gasteiger partial charge < -0.3 is 15.0 Å². The molecule has 2 heterocycles. The van der Waals surface area contributed by atoms with Crippen LogP contribution in [0.3, 0.4) is 0 Å². The highest BCUT2D eigenvalue weighted by Crippen LogP contribution is 2.26. The summed E-state index contributed by atoms with van der Waals surface area (Å²) in [5.74, 6) is 0.966. The monoisotopic (exact) mass is 374 g/mol. The lowest BCUT2D eigenvalue weighted by molar-refractivity contribution is 0.0761. The molecule has 1 N–H and O–H groups in total. The van der Waals surface area contributed by atoms with Crippen molar-refractivity contribution in [3.63, 3.8) is 0 Å². The van der Waals surface area contributed by atoms with Gasteiger partial charge in [-0.05, 0) is 42.6 Å². The molecule has 0 bridgehead atoms. The van der Waals surface area contributed by atoms with E-state index in [-0.39, 0.29) is 5.91 Å². The van der Waals surface area contributed by atoms with E-state index < -0.39 is 0 Å². The van der Waals surface area contributed by atoms with Gasteiger partial charge in [-0.2, -0.15) is 4.37 Å². The number of nitrogens with one attached hydrogen (secondary N) is 1. The van der Waals surface area contributed by atoms with Crippen LogP contribution >= 0.6 is 11.5 Å². The molecule has 0 aliphatic carbocycles. The molecule has 1 aliphatic rings. The first-order valence-electron chi connectivity index (χ1n) is 8.91. The number of aryl methyl sites for hydroxylation is 1. The van der Waals surface area contributed by atoms with Gasteiger partial charge in [0.15, 0.2) is 0 Å². The number of carbonyl (C=O) groups is 1. The van der Waals surface area contributed by atoms with Crippen molar-refractivity contribution in [2.24, 2.45) is 0 Å². The molecule has 0 spiro atoms. The Hall–Kier alpha value is -2.12. The summed E-state index contributed by atoms with van der Waals surface area (Å²) in [5.41, 5.74) is 2.80. The van der Waals surface area contributed by atoms with Crippen molar-refractivity contribution in [3.05, 3.63) is 41.1 Å². The summed E-state index contributed by atoms with van der Waals surface area (Å²) in [6.45, 7) is 6.20. The Morgan fingerprint density at radius 3 is 2.69 bits per heavy atom. The SMILES string of the molecule is CNc1snc(C)c1C(=O)N1CCCN(Cc2ccc(OC)cc2)CC1. The Balaban J connectivity index is 1.62. The first-order valence-corrected chi connectivity index (χ1v) is 9.68. The van der Waals surface area contributed by atoms with Gasteiger partial charge in [-0.15, -0.1) is 0 Å². The minimum atomic E-state index is 0.0897. The lowest BCUT2D eigenvalue weighted by Crippen LogP contribution is -2.35. The van der Waals surface area contributed by atoms with E-state index in [0.717, 1.165) is 61.2 Å². The normalized spacial score (nSPS) is 15.6. The van der Waals surface area contributed by atoms with E-state index in [4.69, 9.17) is 4.74 Å². The third-order valence-corrected chi connectivity index (χ3v) is 5.70. The van der Waals surface area contributed by atoms with Gasteiger partial charge in [-0.3, -0.25) is 9.69 Å². The first-order chi connectivity index (χ1) is 12.6. The maximum absolute atomic E-state index is 13.0. The second kappa shape index (κ2) is 8.51. The number of nitrogens with zero attached hydrogens (tertiary/aromatic N) is 3. The average molecular weight is 375 g/mol. The minimum Gasteiger partial charge on any atom is -0.497 e. The second-order valence-electron chi connectivity index (χ2n) is 6.49. The van der Waals surface area contributed by atoms with Gasteiger partial charge in [0, 0.05) is 39.8 Å². The van der Waals surface area contributed by atoms with Crippen molar-refractivity contribution < 1.29 is 9.53 Å². The van der Waals surface area contributed by atoms with Gasteiger partial charge in [0.1, 0.15) is 10.8 Å². The minimum absolute atomic E-state index is 0.0897. The fraction of sp³-hybridized carbons (Fsp3) is 0.474. The number of anilines is 1. The maximum Gasteiger partial charge on any atom is 0.258 e. The highest BCUT2D eigenvalue weighted by atomic mass is 32.1. The van der Waals surface area contributed by atoms with E-state index in [1.807, 2.05) is 31.0 Å². The number of benzene rings is 1. The molecule has 1 amide bonds. The molecule has 2 aromatic rings. The van der Waals surface area contributed by atoms with Crippen LogP contribution in [0.25, 0.3) is 0 Å². The molecule has 1 aromatic carbocycles. The zero-order chi connectivity index (χ0) is 18.5. The van der Waals surface area contributed by atoms with Crippen LogP contribution in [0.15, 0.2) is 24.3 Å². The number of amides is 1. The molecule has 1 fully saturated rings. The van der Waals surface area contributed by atoms with Crippen molar-refractivity contribution in [2.45, 2.75) is 19.9 Å². The molecule has 140 valence electrons. The Kier molecular flexibility index (Phi) is 6.11. The molecule has 0 atom stereocenters. The zero-order valence-corrected chi connectivity index (χ0v) is 16.4. The van der Waals surface area contributed by atoms with Gasteiger partial charge in [0.2, 0.25) is 0 Å². The second-order valence-corrected chi connectivity index (χ2v) is 7.27. The molecule has 26 heavy (non-hydrogen) atoms. The molecule has 0 radical (unpaired) electrons. The van der Waals surface area contributed by atoms with Gasteiger partial charge in [0.25, 0.3) is 5.91 Å². The predicted octanol–water partition coefficient (Wildman–Crippen LogP) is 2.85. The van der Waals surface area contributed by atoms with Crippen LogP contribution in [0.4, 0.5) is 5.00 Å². The number of aromatic nitrogens is 1. The highest BCUT2D eigenvalue weighted by Gasteiger charge is 2.25. The van der Waals surface area contributed by atoms with Crippen molar-refractivity contribution in [1.29, 1.82) is 0 Å². The number of rotatable bonds is 5. The average Bonchev–Trinajstić information content (AvgIpc) is 2.88. The fourth-order valence-electron chi connectivity index (χ4n) is 3.27. The van der Waals surface area contributed by atoms with Crippen LogP contribution in [0, 0.1) is 6.92 Å². The standard InChI is InChI=1S/C19H26N4O2S/c1-14-17(18(20-2)26-21-14)19(24)23-10-4-9-22(11-12-23)13-15-5-7-16(25-3)8-6-15/h5-8,20H,4,9-13H2,1-3H3. The molecule has 1 aromatic heterocycles. The summed E-state index contributed by atoms with van der Waals surface area (Å²) < 4.78 is 9.54. The number of carbonyl (C=O) groups excluding carboxylic acids is 1. The van der Waals surface area contributed by atoms with Crippen LogP contribution < -0.4 is 10.1 Å². The Morgan fingerprint density at radius 1 is 1.23 bits per heavy atom. The van der Waals surface area contributed by atoms with Crippen LogP contribution in [0.5, 0.6) is 5.75 Å². The summed E-state index contributed by atoms with van der Waals surface area (Å²) in [6, 6.07) is 8.20. The maximum atomic E-state index is 13.0. The van der Waals surface area contributed by atoms with Crippen LogP contribution in [-0.4, -0.2) is 60.4 Å². The number of hydrogen-bond acceptors (Lipinski definition) is 6. The van der Waals surface area contributed by atoms with Crippen LogP contribution in [0.2, 0.25) is 0 Å². The molecule has 1 aliphatic heterocycles. The van der Waals surface area contributed by atoms with E-state index in [1.165, 1.54) is 17.1 Å². The van der Waals surface area contributed by atoms with E-state index in [2.05, 4.69) is 26.7 Å². The molecule has 3 rings (SSSR count). The number of hydrogen-bond donors (Lipinski definition) is 1. The van der Waals surface area contributed by atoms with Crippen molar-refractivity contribution in [3.8, 4) is 5.75 Å². The van der Waals surface area contributed by atoms with E-state index >= 15 is 0 Å². The van der Waals surface area contributed by atoms with Crippen molar-refractivity contribution in [2.75, 3.05) is 45.7 Å². The molecular formula is C19H26N4O2S. The van der Waals surface area contributed by atoms with E-state index in [9.17, 15) is 4.79 Å². The molecule has 6 nitrogen and oxygen atoms in total. The largest absolute Gasteiger partial charge is 0.497 e. The third kappa shape index (κ3) is 4.16. The number of ether oxygens (including phenoxy) is 1. The van der Waals surface area contributed by atoms with Gasteiger partial charge in [-0.25, -0.2) is 0 Å². The van der Waals surface area contributed by atoms with Crippen LogP contribution in [-0.2, 0) is 6.54 Å². The van der Waals surface area contributed by atoms with E-state index in [0.29, 0.717) is 0 Å². The first kappa shape index (κ1) is 18.7. The molecule has 0 saturated carbocycles. The predicted molar refractivity (Wildman–Crippen MR) is 105 cm³/mol. The van der Waals surface area contributed by atoms with E-state index in [1.54, 1.807) is 7.11 Å². The van der Waals surface area contributed by atoms with Crippen molar-refractivity contribution in [1.82, 2.24) is 14.2 Å². The van der Waals surface area contributed by atoms with Crippen molar-refractivity contribution >= 4 is 22.4 Å².